The van der Waals surface area contributed by atoms with Crippen LogP contribution in [0.4, 0.5) is 0 Å². The van der Waals surface area contributed by atoms with Crippen molar-refractivity contribution in [3.63, 3.8) is 0 Å². The van der Waals surface area contributed by atoms with Crippen LogP contribution < -0.4 is 0 Å². The molecule has 0 unspecified atom stereocenters. The van der Waals surface area contributed by atoms with E-state index < -0.39 is 0 Å². The average molecular weight is 251 g/mol. The van der Waals surface area contributed by atoms with Crippen molar-refractivity contribution < 1.29 is 4.74 Å². The number of hydrogen-bond acceptors (Lipinski definition) is 4. The van der Waals surface area contributed by atoms with Crippen molar-refractivity contribution in [3.8, 4) is 5.69 Å². The first-order valence-corrected chi connectivity index (χ1v) is 5.68. The van der Waals surface area contributed by atoms with Gasteiger partial charge in [-0.05, 0) is 19.1 Å². The van der Waals surface area contributed by atoms with Crippen LogP contribution in [0.15, 0.2) is 24.5 Å². The van der Waals surface area contributed by atoms with Gasteiger partial charge in [-0.1, -0.05) is 16.8 Å². The smallest absolute Gasteiger partial charge is 0.154 e. The number of hydrogen-bond donors (Lipinski definition) is 0. The predicted molar refractivity (Wildman–Crippen MR) is 62.3 cm³/mol. The highest BCUT2D eigenvalue weighted by Gasteiger charge is 2.38. The maximum atomic E-state index is 6.01. The van der Waals surface area contributed by atoms with Crippen LogP contribution >= 0.6 is 11.6 Å². The zero-order valence-electron chi connectivity index (χ0n) is 9.30. The molecule has 6 heteroatoms. The van der Waals surface area contributed by atoms with E-state index in [2.05, 4.69) is 22.2 Å². The van der Waals surface area contributed by atoms with Gasteiger partial charge in [0.1, 0.15) is 5.69 Å². The second kappa shape index (κ2) is 3.78. The van der Waals surface area contributed by atoms with Gasteiger partial charge in [0.2, 0.25) is 0 Å². The molecule has 0 aliphatic carbocycles. The molecule has 1 aliphatic rings. The Morgan fingerprint density at radius 1 is 1.47 bits per heavy atom. The Morgan fingerprint density at radius 3 is 2.94 bits per heavy atom. The lowest BCUT2D eigenvalue weighted by atomic mass is 9.85. The summed E-state index contributed by atoms with van der Waals surface area (Å²) >= 11 is 6.01. The Labute approximate surface area is 103 Å². The topological polar surface area (TPSA) is 52.8 Å². The van der Waals surface area contributed by atoms with Crippen LogP contribution in [0.2, 0.25) is 5.15 Å². The minimum absolute atomic E-state index is 0.0209. The largest absolute Gasteiger partial charge is 0.379 e. The number of pyridine rings is 1. The van der Waals surface area contributed by atoms with Crippen molar-refractivity contribution in [1.82, 2.24) is 20.0 Å². The molecule has 2 aromatic rings. The Hall–Kier alpha value is -1.46. The van der Waals surface area contributed by atoms with E-state index in [1.165, 1.54) is 0 Å². The Balaban J connectivity index is 1.98. The lowest BCUT2D eigenvalue weighted by Gasteiger charge is -2.35. The summed E-state index contributed by atoms with van der Waals surface area (Å²) < 4.78 is 6.86. The molecule has 0 aromatic carbocycles. The van der Waals surface area contributed by atoms with Crippen molar-refractivity contribution >= 4 is 11.6 Å². The second-order valence-electron chi connectivity index (χ2n) is 4.42. The van der Waals surface area contributed by atoms with Gasteiger partial charge in [0.15, 0.2) is 5.15 Å². The molecule has 2 aromatic heterocycles. The molecule has 0 amide bonds. The van der Waals surface area contributed by atoms with Gasteiger partial charge in [0.25, 0.3) is 0 Å². The third-order valence-electron chi connectivity index (χ3n) is 2.94. The van der Waals surface area contributed by atoms with E-state index in [1.54, 1.807) is 10.9 Å². The van der Waals surface area contributed by atoms with Gasteiger partial charge in [-0.15, -0.1) is 5.10 Å². The van der Waals surface area contributed by atoms with Crippen molar-refractivity contribution in [2.45, 2.75) is 12.3 Å². The van der Waals surface area contributed by atoms with Crippen LogP contribution in [-0.2, 0) is 10.2 Å². The van der Waals surface area contributed by atoms with Crippen LogP contribution in [0.1, 0.15) is 12.6 Å². The molecule has 88 valence electrons. The van der Waals surface area contributed by atoms with E-state index in [0.29, 0.717) is 18.4 Å². The fourth-order valence-corrected chi connectivity index (χ4v) is 1.97. The van der Waals surface area contributed by atoms with E-state index in [4.69, 9.17) is 16.3 Å². The minimum Gasteiger partial charge on any atom is -0.379 e. The molecule has 5 nitrogen and oxygen atoms in total. The van der Waals surface area contributed by atoms with Crippen LogP contribution in [0, 0.1) is 0 Å². The maximum Gasteiger partial charge on any atom is 0.154 e. The maximum absolute atomic E-state index is 6.01. The first-order valence-electron chi connectivity index (χ1n) is 5.30. The number of nitrogens with zero attached hydrogens (tertiary/aromatic N) is 4. The summed E-state index contributed by atoms with van der Waals surface area (Å²) in [4.78, 5) is 4.01. The second-order valence-corrected chi connectivity index (χ2v) is 4.77. The fourth-order valence-electron chi connectivity index (χ4n) is 1.76. The first-order chi connectivity index (χ1) is 8.19. The van der Waals surface area contributed by atoms with Gasteiger partial charge >= 0.3 is 0 Å². The molecule has 1 aliphatic heterocycles. The molecule has 0 bridgehead atoms. The molecular formula is C11H11ClN4O. The van der Waals surface area contributed by atoms with Crippen molar-refractivity contribution in [2.75, 3.05) is 13.2 Å². The fraction of sp³-hybridized carbons (Fsp3) is 0.364. The molecule has 3 heterocycles. The standard InChI is InChI=1S/C11H11ClN4O/c1-11(6-17-7-11)9-5-16(15-14-9)8-3-2-4-13-10(8)12/h2-5H,6-7H2,1H3. The highest BCUT2D eigenvalue weighted by molar-refractivity contribution is 6.31. The summed E-state index contributed by atoms with van der Waals surface area (Å²) in [6.07, 6.45) is 3.52. The van der Waals surface area contributed by atoms with E-state index in [-0.39, 0.29) is 5.41 Å². The summed E-state index contributed by atoms with van der Waals surface area (Å²) in [6.45, 7) is 3.48. The molecular weight excluding hydrogens is 240 g/mol. The van der Waals surface area contributed by atoms with Crippen LogP contribution in [0.25, 0.3) is 5.69 Å². The lowest BCUT2D eigenvalue weighted by molar-refractivity contribution is -0.0521. The third-order valence-corrected chi connectivity index (χ3v) is 3.23. The molecule has 3 rings (SSSR count). The summed E-state index contributed by atoms with van der Waals surface area (Å²) in [7, 11) is 0. The Bertz CT molecular complexity index is 550. The summed E-state index contributed by atoms with van der Waals surface area (Å²) in [5.41, 5.74) is 1.63. The van der Waals surface area contributed by atoms with Gasteiger partial charge in [0, 0.05) is 6.20 Å². The molecule has 0 atom stereocenters. The Kier molecular flexibility index (Phi) is 2.38. The van der Waals surface area contributed by atoms with Crippen LogP contribution in [-0.4, -0.2) is 33.2 Å². The minimum atomic E-state index is -0.0209. The predicted octanol–water partition coefficient (Wildman–Crippen LogP) is 1.60. The highest BCUT2D eigenvalue weighted by atomic mass is 35.5. The lowest BCUT2D eigenvalue weighted by Crippen LogP contribution is -2.44. The van der Waals surface area contributed by atoms with Crippen LogP contribution in [0.3, 0.4) is 0 Å². The van der Waals surface area contributed by atoms with Crippen molar-refractivity contribution in [3.05, 3.63) is 35.4 Å². The molecule has 0 spiro atoms. The SMILES string of the molecule is CC1(c2cn(-c3cccnc3Cl)nn2)COC1. The average Bonchev–Trinajstić information content (AvgIpc) is 2.76. The highest BCUT2D eigenvalue weighted by Crippen LogP contribution is 2.30. The van der Waals surface area contributed by atoms with Crippen molar-refractivity contribution in [2.24, 2.45) is 0 Å². The van der Waals surface area contributed by atoms with E-state index >= 15 is 0 Å². The summed E-state index contributed by atoms with van der Waals surface area (Å²) in [5.74, 6) is 0. The number of aromatic nitrogens is 4. The monoisotopic (exact) mass is 250 g/mol. The summed E-state index contributed by atoms with van der Waals surface area (Å²) in [6, 6.07) is 3.67. The van der Waals surface area contributed by atoms with E-state index in [1.807, 2.05) is 18.3 Å². The number of rotatable bonds is 2. The number of ether oxygens (including phenoxy) is 1. The summed E-state index contributed by atoms with van der Waals surface area (Å²) in [5, 5.41) is 8.67. The zero-order chi connectivity index (χ0) is 11.9. The molecule has 1 saturated heterocycles. The van der Waals surface area contributed by atoms with Gasteiger partial charge < -0.3 is 4.74 Å². The molecule has 0 saturated carbocycles. The molecule has 17 heavy (non-hydrogen) atoms. The molecule has 0 radical (unpaired) electrons. The van der Waals surface area contributed by atoms with Gasteiger partial charge in [0.05, 0.1) is 30.5 Å². The number of halogens is 1. The van der Waals surface area contributed by atoms with Gasteiger partial charge in [-0.25, -0.2) is 9.67 Å². The van der Waals surface area contributed by atoms with Gasteiger partial charge in [-0.3, -0.25) is 0 Å². The van der Waals surface area contributed by atoms with Gasteiger partial charge in [-0.2, -0.15) is 0 Å². The first kappa shape index (κ1) is 10.7. The molecule has 0 N–H and O–H groups in total. The molecule has 1 fully saturated rings. The van der Waals surface area contributed by atoms with Crippen molar-refractivity contribution in [1.29, 1.82) is 0 Å². The van der Waals surface area contributed by atoms with Crippen LogP contribution in [0.5, 0.6) is 0 Å². The third kappa shape index (κ3) is 1.71. The van der Waals surface area contributed by atoms with E-state index in [9.17, 15) is 0 Å². The normalized spacial score (nSPS) is 17.8. The zero-order valence-corrected chi connectivity index (χ0v) is 10.1. The Morgan fingerprint density at radius 2 is 2.29 bits per heavy atom. The van der Waals surface area contributed by atoms with E-state index in [0.717, 1.165) is 11.4 Å². The quantitative estimate of drug-likeness (QED) is 0.760.